The first-order chi connectivity index (χ1) is 12.2. The lowest BCUT2D eigenvalue weighted by molar-refractivity contribution is -0.133. The largest absolute Gasteiger partial charge is 0.495 e. The Morgan fingerprint density at radius 3 is 2.88 bits per heavy atom. The fourth-order valence-corrected chi connectivity index (χ4v) is 3.26. The predicted molar refractivity (Wildman–Crippen MR) is 93.4 cm³/mol. The Bertz CT molecular complexity index is 690. The first-order valence-corrected chi connectivity index (χ1v) is 8.57. The second-order valence-electron chi connectivity index (χ2n) is 6.23. The molecule has 1 aromatic carbocycles. The molecule has 0 spiro atoms. The van der Waals surface area contributed by atoms with Crippen LogP contribution < -0.4 is 9.64 Å². The van der Waals surface area contributed by atoms with Gasteiger partial charge in [0.25, 0.3) is 0 Å². The van der Waals surface area contributed by atoms with E-state index in [-0.39, 0.29) is 11.9 Å². The van der Waals surface area contributed by atoms with Crippen molar-refractivity contribution in [3.63, 3.8) is 0 Å². The first kappa shape index (κ1) is 17.2. The van der Waals surface area contributed by atoms with Crippen LogP contribution in [0.4, 0.5) is 5.69 Å². The third kappa shape index (κ3) is 4.07. The Morgan fingerprint density at radius 1 is 1.32 bits per heavy atom. The zero-order valence-electron chi connectivity index (χ0n) is 14.7. The van der Waals surface area contributed by atoms with Gasteiger partial charge in [0.15, 0.2) is 0 Å². The molecule has 8 nitrogen and oxygen atoms in total. The summed E-state index contributed by atoms with van der Waals surface area (Å²) in [4.78, 5) is 16.8. The van der Waals surface area contributed by atoms with Crippen molar-refractivity contribution in [3.8, 4) is 5.75 Å². The number of methoxy groups -OCH3 is 1. The third-order valence-corrected chi connectivity index (χ3v) is 4.54. The fourth-order valence-electron chi connectivity index (χ4n) is 3.26. The maximum atomic E-state index is 12.5. The van der Waals surface area contributed by atoms with Gasteiger partial charge in [-0.1, -0.05) is 12.1 Å². The van der Waals surface area contributed by atoms with E-state index >= 15 is 0 Å². The topological polar surface area (TPSA) is 76.4 Å². The van der Waals surface area contributed by atoms with E-state index in [2.05, 4.69) is 33.4 Å². The van der Waals surface area contributed by atoms with Crippen molar-refractivity contribution >= 4 is 11.6 Å². The summed E-state index contributed by atoms with van der Waals surface area (Å²) in [6.07, 6.45) is 2.82. The molecule has 0 N–H and O–H groups in total. The van der Waals surface area contributed by atoms with Gasteiger partial charge >= 0.3 is 0 Å². The molecule has 1 fully saturated rings. The van der Waals surface area contributed by atoms with Crippen LogP contribution >= 0.6 is 0 Å². The molecule has 1 amide bonds. The maximum absolute atomic E-state index is 12.5. The summed E-state index contributed by atoms with van der Waals surface area (Å²) in [6.45, 7) is 5.10. The Morgan fingerprint density at radius 2 is 2.16 bits per heavy atom. The van der Waals surface area contributed by atoms with Crippen molar-refractivity contribution in [3.05, 3.63) is 30.6 Å². The second kappa shape index (κ2) is 7.96. The van der Waals surface area contributed by atoms with E-state index in [1.165, 1.54) is 0 Å². The van der Waals surface area contributed by atoms with Crippen LogP contribution in [0.25, 0.3) is 0 Å². The Labute approximate surface area is 147 Å². The molecule has 1 atom stereocenters. The molecule has 25 heavy (non-hydrogen) atoms. The maximum Gasteiger partial charge on any atom is 0.222 e. The highest BCUT2D eigenvalue weighted by molar-refractivity contribution is 5.77. The number of carbonyl (C=O) groups excluding carboxylic acids is 1. The van der Waals surface area contributed by atoms with Crippen LogP contribution in [0.5, 0.6) is 5.75 Å². The molecule has 0 aliphatic carbocycles. The third-order valence-electron chi connectivity index (χ3n) is 4.54. The Balaban J connectivity index is 1.53. The molecule has 0 radical (unpaired) electrons. The average molecular weight is 344 g/mol. The standard InChI is InChI=1S/C17H24N6O2/c1-14-12-21(15-6-3-4-7-16(15)25-2)10-11-23(14)17(24)8-5-9-22-13-18-19-20-22/h3-4,6-7,13-14H,5,8-12H2,1-2H3/t14-/m0/s1. The Kier molecular flexibility index (Phi) is 5.47. The number of benzene rings is 1. The van der Waals surface area contributed by atoms with E-state index in [9.17, 15) is 4.79 Å². The van der Waals surface area contributed by atoms with E-state index < -0.39 is 0 Å². The zero-order valence-corrected chi connectivity index (χ0v) is 14.7. The highest BCUT2D eigenvalue weighted by atomic mass is 16.5. The molecule has 0 unspecified atom stereocenters. The summed E-state index contributed by atoms with van der Waals surface area (Å²) in [6, 6.07) is 8.18. The number of anilines is 1. The number of rotatable bonds is 6. The van der Waals surface area contributed by atoms with Gasteiger partial charge in [-0.3, -0.25) is 4.79 Å². The molecule has 1 aromatic heterocycles. The molecule has 3 rings (SSSR count). The van der Waals surface area contributed by atoms with E-state index in [0.29, 0.717) is 13.0 Å². The van der Waals surface area contributed by atoms with Gasteiger partial charge in [-0.2, -0.15) is 0 Å². The van der Waals surface area contributed by atoms with Gasteiger partial charge in [-0.25, -0.2) is 4.68 Å². The van der Waals surface area contributed by atoms with Crippen molar-refractivity contribution in [1.29, 1.82) is 0 Å². The van der Waals surface area contributed by atoms with E-state index in [1.807, 2.05) is 23.1 Å². The Hall–Kier alpha value is -2.64. The lowest BCUT2D eigenvalue weighted by Gasteiger charge is -2.41. The quantitative estimate of drug-likeness (QED) is 0.784. The van der Waals surface area contributed by atoms with E-state index in [4.69, 9.17) is 4.74 Å². The van der Waals surface area contributed by atoms with Crippen molar-refractivity contribution < 1.29 is 9.53 Å². The second-order valence-corrected chi connectivity index (χ2v) is 6.23. The van der Waals surface area contributed by atoms with Gasteiger partial charge in [0.2, 0.25) is 5.91 Å². The molecule has 8 heteroatoms. The van der Waals surface area contributed by atoms with Crippen LogP contribution in [0.2, 0.25) is 0 Å². The summed E-state index contributed by atoms with van der Waals surface area (Å²) in [5, 5.41) is 11.0. The van der Waals surface area contributed by atoms with Crippen molar-refractivity contribution in [2.75, 3.05) is 31.6 Å². The summed E-state index contributed by atoms with van der Waals surface area (Å²) < 4.78 is 7.11. The zero-order chi connectivity index (χ0) is 17.6. The predicted octanol–water partition coefficient (Wildman–Crippen LogP) is 1.20. The summed E-state index contributed by atoms with van der Waals surface area (Å²) in [5.74, 6) is 1.07. The number of aromatic nitrogens is 4. The molecule has 134 valence electrons. The van der Waals surface area contributed by atoms with Crippen LogP contribution in [0.3, 0.4) is 0 Å². The molecule has 2 aromatic rings. The van der Waals surface area contributed by atoms with E-state index in [1.54, 1.807) is 18.1 Å². The van der Waals surface area contributed by atoms with Gasteiger partial charge in [0.05, 0.1) is 12.8 Å². The number of tetrazole rings is 1. The summed E-state index contributed by atoms with van der Waals surface area (Å²) in [7, 11) is 1.69. The number of hydrogen-bond acceptors (Lipinski definition) is 6. The van der Waals surface area contributed by atoms with Gasteiger partial charge in [-0.05, 0) is 35.9 Å². The first-order valence-electron chi connectivity index (χ1n) is 8.57. The number of piperazine rings is 1. The number of ether oxygens (including phenoxy) is 1. The van der Waals surface area contributed by atoms with Gasteiger partial charge in [0, 0.05) is 38.6 Å². The van der Waals surface area contributed by atoms with Crippen LogP contribution in [0.1, 0.15) is 19.8 Å². The molecule has 2 heterocycles. The molecule has 1 aliphatic rings. The minimum absolute atomic E-state index is 0.166. The summed E-state index contributed by atoms with van der Waals surface area (Å²) >= 11 is 0. The highest BCUT2D eigenvalue weighted by Gasteiger charge is 2.28. The van der Waals surface area contributed by atoms with Crippen molar-refractivity contribution in [2.45, 2.75) is 32.4 Å². The fraction of sp³-hybridized carbons (Fsp3) is 0.529. The van der Waals surface area contributed by atoms with Crippen LogP contribution in [0, 0.1) is 0 Å². The minimum Gasteiger partial charge on any atom is -0.495 e. The summed E-state index contributed by atoms with van der Waals surface area (Å²) in [5.41, 5.74) is 1.09. The average Bonchev–Trinajstić information content (AvgIpc) is 3.15. The SMILES string of the molecule is COc1ccccc1N1CCN(C(=O)CCCn2cnnn2)[C@@H](C)C1. The number of amides is 1. The van der Waals surface area contributed by atoms with Crippen LogP contribution in [-0.4, -0.2) is 63.8 Å². The van der Waals surface area contributed by atoms with Crippen molar-refractivity contribution in [2.24, 2.45) is 0 Å². The molecule has 1 saturated heterocycles. The molecular formula is C17H24N6O2. The highest BCUT2D eigenvalue weighted by Crippen LogP contribution is 2.29. The number of hydrogen-bond donors (Lipinski definition) is 0. The molecule has 0 bridgehead atoms. The number of para-hydroxylation sites is 2. The van der Waals surface area contributed by atoms with Gasteiger partial charge < -0.3 is 14.5 Å². The normalized spacial score (nSPS) is 17.6. The molecule has 1 aliphatic heterocycles. The van der Waals surface area contributed by atoms with Crippen LogP contribution in [0.15, 0.2) is 30.6 Å². The number of carbonyl (C=O) groups is 1. The monoisotopic (exact) mass is 344 g/mol. The van der Waals surface area contributed by atoms with Crippen molar-refractivity contribution in [1.82, 2.24) is 25.1 Å². The smallest absolute Gasteiger partial charge is 0.222 e. The molecular weight excluding hydrogens is 320 g/mol. The van der Waals surface area contributed by atoms with E-state index in [0.717, 1.165) is 37.5 Å². The lowest BCUT2D eigenvalue weighted by atomic mass is 10.1. The lowest BCUT2D eigenvalue weighted by Crippen LogP contribution is -2.54. The minimum atomic E-state index is 0.166. The molecule has 0 saturated carbocycles. The van der Waals surface area contributed by atoms with Gasteiger partial charge in [-0.15, -0.1) is 5.10 Å². The van der Waals surface area contributed by atoms with Crippen LogP contribution in [-0.2, 0) is 11.3 Å². The van der Waals surface area contributed by atoms with Gasteiger partial charge in [0.1, 0.15) is 12.1 Å². The number of aryl methyl sites for hydroxylation is 1. The number of nitrogens with zero attached hydrogens (tertiary/aromatic N) is 6.